The lowest BCUT2D eigenvalue weighted by molar-refractivity contribution is -0.141. The van der Waals surface area contributed by atoms with Crippen LogP contribution in [0.4, 0.5) is 13.2 Å². The quantitative estimate of drug-likeness (QED) is 0.668. The normalized spacial score (nSPS) is 11.8. The van der Waals surface area contributed by atoms with Crippen LogP contribution in [-0.2, 0) is 6.18 Å². The second kappa shape index (κ2) is 3.20. The van der Waals surface area contributed by atoms with Gasteiger partial charge in [-0.15, -0.1) is 0 Å². The molecule has 0 aromatic carbocycles. The van der Waals surface area contributed by atoms with Crippen molar-refractivity contribution in [2.45, 2.75) is 13.1 Å². The predicted octanol–water partition coefficient (Wildman–Crippen LogP) is 3.01. The van der Waals surface area contributed by atoms with E-state index in [1.54, 1.807) is 6.92 Å². The topological polar surface area (TPSA) is 12.9 Å². The summed E-state index contributed by atoms with van der Waals surface area (Å²) >= 11 is 1.85. The van der Waals surface area contributed by atoms with E-state index in [4.69, 9.17) is 0 Å². The third kappa shape index (κ3) is 2.09. The van der Waals surface area contributed by atoms with E-state index in [0.29, 0.717) is 3.57 Å². The maximum absolute atomic E-state index is 12.0. The number of nitrogens with zero attached hydrogens (tertiary/aromatic N) is 1. The van der Waals surface area contributed by atoms with Crippen LogP contribution in [0, 0.1) is 10.5 Å². The minimum atomic E-state index is -4.34. The van der Waals surface area contributed by atoms with Gasteiger partial charge in [-0.05, 0) is 41.1 Å². The van der Waals surface area contributed by atoms with Crippen LogP contribution in [-0.4, -0.2) is 4.98 Å². The van der Waals surface area contributed by atoms with Crippen LogP contribution < -0.4 is 0 Å². The van der Waals surface area contributed by atoms with Gasteiger partial charge in [-0.2, -0.15) is 13.2 Å². The molecule has 0 aliphatic carbocycles. The van der Waals surface area contributed by atoms with Gasteiger partial charge < -0.3 is 0 Å². The van der Waals surface area contributed by atoms with Crippen LogP contribution in [0.15, 0.2) is 12.3 Å². The van der Waals surface area contributed by atoms with E-state index in [1.807, 2.05) is 22.6 Å². The Hall–Kier alpha value is -0.330. The summed E-state index contributed by atoms with van der Waals surface area (Å²) in [6.07, 6.45) is -3.11. The van der Waals surface area contributed by atoms with Crippen molar-refractivity contribution in [3.8, 4) is 0 Å². The molecule has 0 fully saturated rings. The highest BCUT2D eigenvalue weighted by atomic mass is 127. The number of rotatable bonds is 0. The second-order valence-electron chi connectivity index (χ2n) is 2.32. The van der Waals surface area contributed by atoms with Crippen molar-refractivity contribution in [2.75, 3.05) is 0 Å². The lowest BCUT2D eigenvalue weighted by Gasteiger charge is -2.06. The average molecular weight is 287 g/mol. The molecule has 0 unspecified atom stereocenters. The minimum Gasteiger partial charge on any atom is -0.251 e. The highest BCUT2D eigenvalue weighted by molar-refractivity contribution is 14.1. The van der Waals surface area contributed by atoms with E-state index in [2.05, 4.69) is 4.98 Å². The molecule has 0 aliphatic rings. The molecule has 0 aliphatic heterocycles. The van der Waals surface area contributed by atoms with Crippen LogP contribution in [0.5, 0.6) is 0 Å². The first-order chi connectivity index (χ1) is 5.41. The summed E-state index contributed by atoms with van der Waals surface area (Å²) in [5, 5.41) is 0. The van der Waals surface area contributed by atoms with Gasteiger partial charge in [-0.3, -0.25) is 4.98 Å². The zero-order valence-corrected chi connectivity index (χ0v) is 8.27. The van der Waals surface area contributed by atoms with E-state index in [1.165, 1.54) is 6.20 Å². The maximum Gasteiger partial charge on any atom is 0.433 e. The third-order valence-electron chi connectivity index (χ3n) is 1.33. The van der Waals surface area contributed by atoms with Crippen LogP contribution >= 0.6 is 22.6 Å². The van der Waals surface area contributed by atoms with Gasteiger partial charge in [0.25, 0.3) is 0 Å². The first-order valence-electron chi connectivity index (χ1n) is 3.10. The van der Waals surface area contributed by atoms with Gasteiger partial charge in [0, 0.05) is 9.77 Å². The summed E-state index contributed by atoms with van der Waals surface area (Å²) in [4.78, 5) is 3.28. The molecule has 0 saturated heterocycles. The Balaban J connectivity index is 3.14. The van der Waals surface area contributed by atoms with Gasteiger partial charge in [-0.25, -0.2) is 0 Å². The number of pyridine rings is 1. The van der Waals surface area contributed by atoms with Crippen molar-refractivity contribution < 1.29 is 13.2 Å². The first-order valence-corrected chi connectivity index (χ1v) is 4.18. The zero-order valence-electron chi connectivity index (χ0n) is 6.11. The van der Waals surface area contributed by atoms with Crippen molar-refractivity contribution in [3.63, 3.8) is 0 Å². The standard InChI is InChI=1S/C7H5F3IN/c1-4-3-12-6(2-5(4)11)7(8,9)10/h2-3H,1H3. The molecule has 1 aromatic rings. The largest absolute Gasteiger partial charge is 0.433 e. The van der Waals surface area contributed by atoms with Crippen LogP contribution in [0.1, 0.15) is 11.3 Å². The van der Waals surface area contributed by atoms with Gasteiger partial charge in [0.05, 0.1) is 0 Å². The molecule has 1 rings (SSSR count). The molecule has 0 atom stereocenters. The van der Waals surface area contributed by atoms with Crippen molar-refractivity contribution in [3.05, 3.63) is 27.1 Å². The van der Waals surface area contributed by atoms with Gasteiger partial charge >= 0.3 is 6.18 Å². The molecule has 66 valence electrons. The molecular weight excluding hydrogens is 282 g/mol. The van der Waals surface area contributed by atoms with Crippen LogP contribution in [0.3, 0.4) is 0 Å². The molecule has 1 heterocycles. The van der Waals surface area contributed by atoms with Crippen molar-refractivity contribution >= 4 is 22.6 Å². The molecule has 0 N–H and O–H groups in total. The second-order valence-corrected chi connectivity index (χ2v) is 3.48. The number of aromatic nitrogens is 1. The van der Waals surface area contributed by atoms with E-state index in [0.717, 1.165) is 11.6 Å². The predicted molar refractivity (Wildman–Crippen MR) is 46.7 cm³/mol. The SMILES string of the molecule is Cc1cnc(C(F)(F)F)cc1I. The Bertz CT molecular complexity index is 295. The fraction of sp³-hybridized carbons (Fsp3) is 0.286. The van der Waals surface area contributed by atoms with E-state index < -0.39 is 11.9 Å². The number of aryl methyl sites for hydroxylation is 1. The Labute approximate surface area is 81.1 Å². The molecule has 0 amide bonds. The number of halogens is 4. The Morgan fingerprint density at radius 1 is 1.42 bits per heavy atom. The summed E-state index contributed by atoms with van der Waals surface area (Å²) in [6, 6.07) is 1.04. The average Bonchev–Trinajstić information content (AvgIpc) is 1.92. The summed E-state index contributed by atoms with van der Waals surface area (Å²) in [5.41, 5.74) is -0.0823. The minimum absolute atomic E-state index is 0.579. The third-order valence-corrected chi connectivity index (χ3v) is 2.49. The number of hydrogen-bond donors (Lipinski definition) is 0. The van der Waals surface area contributed by atoms with Gasteiger partial charge in [-0.1, -0.05) is 0 Å². The van der Waals surface area contributed by atoms with Crippen molar-refractivity contribution in [1.29, 1.82) is 0 Å². The summed E-state index contributed by atoms with van der Waals surface area (Å²) in [5.74, 6) is 0. The summed E-state index contributed by atoms with van der Waals surface area (Å²) < 4.78 is 36.7. The van der Waals surface area contributed by atoms with Gasteiger partial charge in [0.15, 0.2) is 0 Å². The number of alkyl halides is 3. The summed E-state index contributed by atoms with van der Waals surface area (Å²) in [7, 11) is 0. The molecule has 1 aromatic heterocycles. The highest BCUT2D eigenvalue weighted by Crippen LogP contribution is 2.28. The summed E-state index contributed by atoms with van der Waals surface area (Å²) in [6.45, 7) is 1.72. The lowest BCUT2D eigenvalue weighted by Crippen LogP contribution is -2.08. The van der Waals surface area contributed by atoms with Crippen molar-refractivity contribution in [2.24, 2.45) is 0 Å². The number of hydrogen-bond acceptors (Lipinski definition) is 1. The van der Waals surface area contributed by atoms with Crippen molar-refractivity contribution in [1.82, 2.24) is 4.98 Å². The Morgan fingerprint density at radius 2 is 2.00 bits per heavy atom. The molecule has 0 spiro atoms. The van der Waals surface area contributed by atoms with E-state index in [9.17, 15) is 13.2 Å². The molecule has 5 heteroatoms. The van der Waals surface area contributed by atoms with Crippen LogP contribution in [0.2, 0.25) is 0 Å². The van der Waals surface area contributed by atoms with E-state index >= 15 is 0 Å². The molecule has 1 nitrogen and oxygen atoms in total. The smallest absolute Gasteiger partial charge is 0.251 e. The monoisotopic (exact) mass is 287 g/mol. The fourth-order valence-corrected chi connectivity index (χ4v) is 1.09. The Morgan fingerprint density at radius 3 is 2.42 bits per heavy atom. The molecule has 12 heavy (non-hydrogen) atoms. The zero-order chi connectivity index (χ0) is 9.35. The highest BCUT2D eigenvalue weighted by Gasteiger charge is 2.32. The molecular formula is C7H5F3IN. The fourth-order valence-electron chi connectivity index (χ4n) is 0.654. The maximum atomic E-state index is 12.0. The van der Waals surface area contributed by atoms with Gasteiger partial charge in [0.1, 0.15) is 5.69 Å². The first kappa shape index (κ1) is 9.76. The van der Waals surface area contributed by atoms with Gasteiger partial charge in [0.2, 0.25) is 0 Å². The lowest BCUT2D eigenvalue weighted by atomic mass is 10.3. The molecule has 0 saturated carbocycles. The Kier molecular flexibility index (Phi) is 2.60. The molecule has 0 bridgehead atoms. The van der Waals surface area contributed by atoms with E-state index in [-0.39, 0.29) is 0 Å². The molecule has 0 radical (unpaired) electrons. The van der Waals surface area contributed by atoms with Crippen LogP contribution in [0.25, 0.3) is 0 Å².